The van der Waals surface area contributed by atoms with Gasteiger partial charge in [0, 0.05) is 36.6 Å². The van der Waals surface area contributed by atoms with Crippen molar-refractivity contribution in [3.63, 3.8) is 0 Å². The van der Waals surface area contributed by atoms with Gasteiger partial charge in [-0.25, -0.2) is 4.98 Å². The number of halogens is 1. The van der Waals surface area contributed by atoms with Crippen LogP contribution in [-0.4, -0.2) is 48.6 Å². The van der Waals surface area contributed by atoms with Crippen LogP contribution in [0.5, 0.6) is 0 Å². The summed E-state index contributed by atoms with van der Waals surface area (Å²) in [5.41, 5.74) is 2.49. The van der Waals surface area contributed by atoms with Gasteiger partial charge in [-0.15, -0.1) is 10.2 Å². The molecule has 0 bridgehead atoms. The van der Waals surface area contributed by atoms with Gasteiger partial charge >= 0.3 is 0 Å². The SMILES string of the molecule is Cc1ncn(C)c1-c1nnc([C@@H]2CCC[C@H](N(C)C(=O)c3cccc(Cl)c3)C2)[nH]1. The molecule has 0 saturated heterocycles. The number of hydrogen-bond acceptors (Lipinski definition) is 4. The molecule has 152 valence electrons. The van der Waals surface area contributed by atoms with E-state index in [-0.39, 0.29) is 17.9 Å². The smallest absolute Gasteiger partial charge is 0.253 e. The molecule has 0 unspecified atom stereocenters. The minimum atomic E-state index is 0.00178. The number of hydrogen-bond donors (Lipinski definition) is 1. The summed E-state index contributed by atoms with van der Waals surface area (Å²) in [4.78, 5) is 22.5. The highest BCUT2D eigenvalue weighted by molar-refractivity contribution is 6.30. The Morgan fingerprint density at radius 3 is 2.86 bits per heavy atom. The first-order chi connectivity index (χ1) is 13.9. The Morgan fingerprint density at radius 2 is 2.14 bits per heavy atom. The molecular weight excluding hydrogens is 388 g/mol. The van der Waals surface area contributed by atoms with E-state index >= 15 is 0 Å². The first kappa shape index (κ1) is 19.6. The van der Waals surface area contributed by atoms with Crippen LogP contribution in [0, 0.1) is 6.92 Å². The van der Waals surface area contributed by atoms with Crippen molar-refractivity contribution in [2.45, 2.75) is 44.6 Å². The van der Waals surface area contributed by atoms with E-state index in [0.29, 0.717) is 10.6 Å². The number of carbonyl (C=O) groups is 1. The van der Waals surface area contributed by atoms with Gasteiger partial charge in [-0.3, -0.25) is 4.79 Å². The molecule has 8 heteroatoms. The quantitative estimate of drug-likeness (QED) is 0.703. The third kappa shape index (κ3) is 3.92. The first-order valence-corrected chi connectivity index (χ1v) is 10.3. The highest BCUT2D eigenvalue weighted by atomic mass is 35.5. The summed E-state index contributed by atoms with van der Waals surface area (Å²) in [5, 5.41) is 9.35. The largest absolute Gasteiger partial charge is 0.339 e. The fourth-order valence-corrected chi connectivity index (χ4v) is 4.40. The molecule has 1 aliphatic rings. The van der Waals surface area contributed by atoms with Gasteiger partial charge in [-0.05, 0) is 44.4 Å². The summed E-state index contributed by atoms with van der Waals surface area (Å²) in [6, 6.07) is 7.28. The molecule has 1 aromatic carbocycles. The number of imidazole rings is 1. The summed E-state index contributed by atoms with van der Waals surface area (Å²) >= 11 is 6.05. The number of aromatic nitrogens is 5. The van der Waals surface area contributed by atoms with Crippen molar-refractivity contribution in [1.29, 1.82) is 0 Å². The van der Waals surface area contributed by atoms with E-state index in [9.17, 15) is 4.79 Å². The standard InChI is InChI=1S/C21H25ClN6O/c1-13-18(27(2)12-23-13)20-24-19(25-26-20)14-6-5-9-17(11-14)28(3)21(29)15-7-4-8-16(22)10-15/h4,7-8,10,12,14,17H,5-6,9,11H2,1-3H3,(H,24,25,26)/t14-,17+/m1/s1. The lowest BCUT2D eigenvalue weighted by atomic mass is 9.84. The summed E-state index contributed by atoms with van der Waals surface area (Å²) in [5.74, 6) is 1.87. The molecule has 1 N–H and O–H groups in total. The van der Waals surface area contributed by atoms with Gasteiger partial charge in [0.05, 0.1) is 12.0 Å². The van der Waals surface area contributed by atoms with Gasteiger partial charge in [-0.1, -0.05) is 24.1 Å². The second-order valence-electron chi connectivity index (χ2n) is 7.79. The molecule has 1 amide bonds. The molecule has 3 aromatic rings. The van der Waals surface area contributed by atoms with Crippen LogP contribution >= 0.6 is 11.6 Å². The molecule has 0 spiro atoms. The van der Waals surface area contributed by atoms with Gasteiger partial charge < -0.3 is 14.5 Å². The van der Waals surface area contributed by atoms with E-state index < -0.39 is 0 Å². The van der Waals surface area contributed by atoms with E-state index in [2.05, 4.69) is 20.2 Å². The predicted molar refractivity (Wildman–Crippen MR) is 112 cm³/mol. The minimum absolute atomic E-state index is 0.00178. The Labute approximate surface area is 175 Å². The van der Waals surface area contributed by atoms with Crippen LogP contribution in [0.1, 0.15) is 53.5 Å². The van der Waals surface area contributed by atoms with Gasteiger partial charge in [0.2, 0.25) is 0 Å². The minimum Gasteiger partial charge on any atom is -0.339 e. The topological polar surface area (TPSA) is 79.7 Å². The number of rotatable bonds is 4. The van der Waals surface area contributed by atoms with Crippen molar-refractivity contribution in [1.82, 2.24) is 29.6 Å². The molecule has 2 atom stereocenters. The van der Waals surface area contributed by atoms with Crippen LogP contribution in [0.25, 0.3) is 11.5 Å². The zero-order valence-corrected chi connectivity index (χ0v) is 17.6. The predicted octanol–water partition coefficient (Wildman–Crippen LogP) is 3.97. The number of nitrogens with one attached hydrogen (secondary N) is 1. The summed E-state index contributed by atoms with van der Waals surface area (Å²) in [6.07, 6.45) is 5.71. The van der Waals surface area contributed by atoms with Crippen LogP contribution in [0.3, 0.4) is 0 Å². The van der Waals surface area contributed by atoms with E-state index in [0.717, 1.165) is 48.7 Å². The second-order valence-corrected chi connectivity index (χ2v) is 8.23. The molecule has 29 heavy (non-hydrogen) atoms. The average Bonchev–Trinajstić information content (AvgIpc) is 3.33. The fourth-order valence-electron chi connectivity index (χ4n) is 4.21. The van der Waals surface area contributed by atoms with Crippen molar-refractivity contribution < 1.29 is 4.79 Å². The van der Waals surface area contributed by atoms with Crippen molar-refractivity contribution in [3.8, 4) is 11.5 Å². The van der Waals surface area contributed by atoms with Crippen molar-refractivity contribution in [2.75, 3.05) is 7.05 Å². The number of aromatic amines is 1. The molecule has 2 heterocycles. The van der Waals surface area contributed by atoms with E-state index in [1.807, 2.05) is 42.6 Å². The van der Waals surface area contributed by atoms with Gasteiger partial charge in [-0.2, -0.15) is 0 Å². The van der Waals surface area contributed by atoms with Gasteiger partial charge in [0.15, 0.2) is 5.82 Å². The highest BCUT2D eigenvalue weighted by Crippen LogP contribution is 2.34. The zero-order valence-electron chi connectivity index (χ0n) is 16.9. The van der Waals surface area contributed by atoms with Crippen LogP contribution < -0.4 is 0 Å². The Kier molecular flexibility index (Phi) is 5.41. The first-order valence-electron chi connectivity index (χ1n) is 9.87. The third-order valence-electron chi connectivity index (χ3n) is 5.82. The molecular formula is C21H25ClN6O. The average molecular weight is 413 g/mol. The maximum Gasteiger partial charge on any atom is 0.253 e. The van der Waals surface area contributed by atoms with E-state index in [1.165, 1.54) is 0 Å². The Hall–Kier alpha value is -2.67. The molecule has 4 rings (SSSR count). The number of carbonyl (C=O) groups excluding carboxylic acids is 1. The van der Waals surface area contributed by atoms with Crippen molar-refractivity contribution in [2.24, 2.45) is 7.05 Å². The van der Waals surface area contributed by atoms with Crippen molar-refractivity contribution in [3.05, 3.63) is 52.7 Å². The maximum atomic E-state index is 12.9. The maximum absolute atomic E-state index is 12.9. The fraction of sp³-hybridized carbons (Fsp3) is 0.429. The third-order valence-corrected chi connectivity index (χ3v) is 6.06. The monoisotopic (exact) mass is 412 g/mol. The molecule has 2 aromatic heterocycles. The van der Waals surface area contributed by atoms with Crippen LogP contribution in [-0.2, 0) is 7.05 Å². The van der Waals surface area contributed by atoms with Gasteiger partial charge in [0.25, 0.3) is 5.91 Å². The Morgan fingerprint density at radius 1 is 1.31 bits per heavy atom. The lowest BCUT2D eigenvalue weighted by Crippen LogP contribution is -2.40. The van der Waals surface area contributed by atoms with Crippen molar-refractivity contribution >= 4 is 17.5 Å². The highest BCUT2D eigenvalue weighted by Gasteiger charge is 2.30. The zero-order chi connectivity index (χ0) is 20.5. The lowest BCUT2D eigenvalue weighted by molar-refractivity contribution is 0.0684. The number of benzene rings is 1. The van der Waals surface area contributed by atoms with Crippen LogP contribution in [0.2, 0.25) is 5.02 Å². The molecule has 1 saturated carbocycles. The number of nitrogens with zero attached hydrogens (tertiary/aromatic N) is 5. The summed E-state index contributed by atoms with van der Waals surface area (Å²) in [7, 11) is 3.83. The summed E-state index contributed by atoms with van der Waals surface area (Å²) < 4.78 is 1.95. The molecule has 0 radical (unpaired) electrons. The molecule has 7 nitrogen and oxygen atoms in total. The lowest BCUT2D eigenvalue weighted by Gasteiger charge is -2.34. The van der Waals surface area contributed by atoms with E-state index in [1.54, 1.807) is 18.5 Å². The number of H-pyrrole nitrogens is 1. The molecule has 1 fully saturated rings. The van der Waals surface area contributed by atoms with E-state index in [4.69, 9.17) is 11.6 Å². The van der Waals surface area contributed by atoms with Crippen LogP contribution in [0.15, 0.2) is 30.6 Å². The second kappa shape index (κ2) is 7.99. The normalized spacial score (nSPS) is 19.3. The number of aryl methyl sites for hydroxylation is 2. The van der Waals surface area contributed by atoms with Crippen LogP contribution in [0.4, 0.5) is 0 Å². The summed E-state index contributed by atoms with van der Waals surface area (Å²) in [6.45, 7) is 1.96. The Bertz CT molecular complexity index is 1010. The number of amides is 1. The molecule has 1 aliphatic carbocycles. The Balaban J connectivity index is 1.49. The van der Waals surface area contributed by atoms with Gasteiger partial charge in [0.1, 0.15) is 11.5 Å². The molecule has 0 aliphatic heterocycles.